The number of carbonyl (C=O) groups excluding carboxylic acids is 2. The molecule has 1 saturated heterocycles. The fraction of sp³-hybridized carbons (Fsp3) is 0.913. The maximum Gasteiger partial charge on any atom is 0.309 e. The largest absolute Gasteiger partial charge is 0.469 e. The minimum Gasteiger partial charge on any atom is -0.469 e. The van der Waals surface area contributed by atoms with Gasteiger partial charge in [0.15, 0.2) is 8.32 Å². The summed E-state index contributed by atoms with van der Waals surface area (Å²) in [4.78, 5) is 24.9. The summed E-state index contributed by atoms with van der Waals surface area (Å²) in [6, 6.07) is 0. The average Bonchev–Trinajstić information content (AvgIpc) is 3.08. The van der Waals surface area contributed by atoms with Gasteiger partial charge in [0, 0.05) is 18.3 Å². The van der Waals surface area contributed by atoms with Gasteiger partial charge in [0.25, 0.3) is 0 Å². The zero-order valence-electron chi connectivity index (χ0n) is 19.6. The monoisotopic (exact) mass is 424 g/mol. The minimum absolute atomic E-state index is 0.0127. The van der Waals surface area contributed by atoms with E-state index in [0.717, 1.165) is 12.8 Å². The normalized spacial score (nSPS) is 40.3. The van der Waals surface area contributed by atoms with Crippen LogP contribution in [0.5, 0.6) is 0 Å². The van der Waals surface area contributed by atoms with Crippen molar-refractivity contribution in [3.05, 3.63) is 0 Å². The topological polar surface area (TPSA) is 61.8 Å². The highest BCUT2D eigenvalue weighted by molar-refractivity contribution is 6.74. The molecule has 5 nitrogen and oxygen atoms in total. The van der Waals surface area contributed by atoms with Gasteiger partial charge in [-0.2, -0.15) is 0 Å². The Labute approximate surface area is 177 Å². The van der Waals surface area contributed by atoms with Crippen LogP contribution < -0.4 is 0 Å². The zero-order valence-corrected chi connectivity index (χ0v) is 20.6. The number of esters is 1. The van der Waals surface area contributed by atoms with E-state index in [1.165, 1.54) is 7.11 Å². The molecule has 6 atom stereocenters. The third-order valence-corrected chi connectivity index (χ3v) is 13.4. The van der Waals surface area contributed by atoms with Crippen molar-refractivity contribution in [1.82, 2.24) is 0 Å². The number of rotatable bonds is 4. The van der Waals surface area contributed by atoms with Crippen molar-refractivity contribution in [1.29, 1.82) is 0 Å². The summed E-state index contributed by atoms with van der Waals surface area (Å²) in [7, 11) is -0.395. The van der Waals surface area contributed by atoms with Gasteiger partial charge < -0.3 is 13.9 Å². The molecule has 0 aromatic carbocycles. The molecule has 0 amide bonds. The fourth-order valence-corrected chi connectivity index (χ4v) is 7.02. The van der Waals surface area contributed by atoms with E-state index in [1.54, 1.807) is 0 Å². The van der Waals surface area contributed by atoms with Crippen LogP contribution >= 0.6 is 0 Å². The van der Waals surface area contributed by atoms with Crippen molar-refractivity contribution in [2.75, 3.05) is 13.7 Å². The van der Waals surface area contributed by atoms with Crippen LogP contribution in [0.4, 0.5) is 0 Å². The first-order valence-electron chi connectivity index (χ1n) is 11.2. The third-order valence-electron chi connectivity index (χ3n) is 8.89. The van der Waals surface area contributed by atoms with E-state index in [2.05, 4.69) is 47.7 Å². The Kier molecular flexibility index (Phi) is 5.90. The van der Waals surface area contributed by atoms with Crippen LogP contribution in [0.1, 0.15) is 66.7 Å². The number of ether oxygens (including phenoxy) is 2. The summed E-state index contributed by atoms with van der Waals surface area (Å²) in [5.41, 5.74) is -0.552. The molecule has 3 rings (SSSR count). The molecule has 1 aliphatic heterocycles. The molecule has 0 aromatic rings. The van der Waals surface area contributed by atoms with Crippen molar-refractivity contribution >= 4 is 20.1 Å². The molecule has 2 aliphatic carbocycles. The van der Waals surface area contributed by atoms with Gasteiger partial charge in [-0.1, -0.05) is 34.6 Å². The van der Waals surface area contributed by atoms with E-state index in [0.29, 0.717) is 31.8 Å². The van der Waals surface area contributed by atoms with Gasteiger partial charge in [-0.05, 0) is 49.2 Å². The van der Waals surface area contributed by atoms with Crippen molar-refractivity contribution < 1.29 is 23.5 Å². The molecule has 1 spiro atoms. The van der Waals surface area contributed by atoms with E-state index in [-0.39, 0.29) is 45.7 Å². The van der Waals surface area contributed by atoms with Gasteiger partial charge in [0.2, 0.25) is 0 Å². The molecule has 0 radical (unpaired) electrons. The van der Waals surface area contributed by atoms with Crippen molar-refractivity contribution in [2.45, 2.75) is 96.6 Å². The maximum absolute atomic E-state index is 12.6. The quantitative estimate of drug-likeness (QED) is 0.482. The number of ketones is 1. The smallest absolute Gasteiger partial charge is 0.309 e. The molecule has 1 unspecified atom stereocenters. The molecule has 2 saturated carbocycles. The zero-order chi connectivity index (χ0) is 21.8. The van der Waals surface area contributed by atoms with Gasteiger partial charge in [-0.15, -0.1) is 0 Å². The lowest BCUT2D eigenvalue weighted by molar-refractivity contribution is -0.153. The predicted molar refractivity (Wildman–Crippen MR) is 115 cm³/mol. The summed E-state index contributed by atoms with van der Waals surface area (Å²) in [6.45, 7) is 16.4. The van der Waals surface area contributed by atoms with Crippen molar-refractivity contribution in [3.63, 3.8) is 0 Å². The van der Waals surface area contributed by atoms with Gasteiger partial charge >= 0.3 is 5.97 Å². The van der Waals surface area contributed by atoms with Crippen LogP contribution in [0.25, 0.3) is 0 Å². The molecule has 1 heterocycles. The predicted octanol–water partition coefficient (Wildman–Crippen LogP) is 4.74. The van der Waals surface area contributed by atoms with Gasteiger partial charge in [0.05, 0.1) is 31.3 Å². The number of Topliss-reactive ketones (excluding diaryl/α,β-unsaturated/α-hetero) is 1. The van der Waals surface area contributed by atoms with E-state index in [9.17, 15) is 9.59 Å². The summed E-state index contributed by atoms with van der Waals surface area (Å²) in [5.74, 6) is 0.160. The van der Waals surface area contributed by atoms with Gasteiger partial charge in [-0.25, -0.2) is 0 Å². The van der Waals surface area contributed by atoms with Crippen LogP contribution in [0, 0.1) is 23.2 Å². The molecule has 0 aromatic heterocycles. The van der Waals surface area contributed by atoms with E-state index in [4.69, 9.17) is 13.9 Å². The Bertz CT molecular complexity index is 669. The first kappa shape index (κ1) is 23.0. The second-order valence-corrected chi connectivity index (χ2v) is 16.2. The number of fused-ring (bicyclic) bond motifs is 2. The van der Waals surface area contributed by atoms with Crippen LogP contribution in [-0.2, 0) is 23.5 Å². The number of hydrogen-bond acceptors (Lipinski definition) is 5. The van der Waals surface area contributed by atoms with Gasteiger partial charge in [0.1, 0.15) is 5.78 Å². The highest BCUT2D eigenvalue weighted by Crippen LogP contribution is 2.66. The number of hydrogen-bond donors (Lipinski definition) is 0. The Morgan fingerprint density at radius 2 is 1.97 bits per heavy atom. The average molecular weight is 425 g/mol. The molecular weight excluding hydrogens is 384 g/mol. The van der Waals surface area contributed by atoms with Crippen LogP contribution in [0.15, 0.2) is 0 Å². The van der Waals surface area contributed by atoms with Crippen molar-refractivity contribution in [2.24, 2.45) is 23.2 Å². The van der Waals surface area contributed by atoms with E-state index >= 15 is 0 Å². The lowest BCUT2D eigenvalue weighted by Crippen LogP contribution is -2.51. The molecule has 3 aliphatic rings. The molecule has 3 fully saturated rings. The van der Waals surface area contributed by atoms with Crippen LogP contribution in [0.3, 0.4) is 0 Å². The first-order chi connectivity index (χ1) is 13.3. The Morgan fingerprint density at radius 3 is 2.55 bits per heavy atom. The van der Waals surface area contributed by atoms with E-state index < -0.39 is 8.32 Å². The lowest BCUT2D eigenvalue weighted by Gasteiger charge is -2.48. The molecule has 0 bridgehead atoms. The molecule has 166 valence electrons. The molecular formula is C23H40O5Si. The van der Waals surface area contributed by atoms with Gasteiger partial charge in [-0.3, -0.25) is 9.59 Å². The lowest BCUT2D eigenvalue weighted by atomic mass is 9.59. The number of methoxy groups -OCH3 is 1. The Morgan fingerprint density at radius 1 is 1.31 bits per heavy atom. The van der Waals surface area contributed by atoms with Crippen LogP contribution in [-0.4, -0.2) is 45.5 Å². The first-order valence-corrected chi connectivity index (χ1v) is 14.1. The fourth-order valence-electron chi connectivity index (χ4n) is 5.98. The highest BCUT2D eigenvalue weighted by Gasteiger charge is 2.69. The summed E-state index contributed by atoms with van der Waals surface area (Å²) >= 11 is 0. The number of carbonyl (C=O) groups is 2. The third kappa shape index (κ3) is 3.63. The summed E-state index contributed by atoms with van der Waals surface area (Å²) < 4.78 is 18.5. The second-order valence-electron chi connectivity index (χ2n) is 11.4. The maximum atomic E-state index is 12.6. The molecule has 6 heteroatoms. The summed E-state index contributed by atoms with van der Waals surface area (Å²) in [6.07, 6.45) is 3.50. The highest BCUT2D eigenvalue weighted by atomic mass is 28.4. The molecule has 0 N–H and O–H groups in total. The van der Waals surface area contributed by atoms with Crippen LogP contribution in [0.2, 0.25) is 18.1 Å². The molecule has 29 heavy (non-hydrogen) atoms. The summed E-state index contributed by atoms with van der Waals surface area (Å²) in [5, 5.41) is 0.166. The SMILES string of the molecule is COC(=O)[C@H]1C[C@]2(O[C@H](CO[Si](C)(C)C(C)(C)C)CC2C)[C@@]2(C)CCC(=O)C[C@@H]12. The Hall–Kier alpha value is -0.723. The van der Waals surface area contributed by atoms with Crippen molar-refractivity contribution in [3.8, 4) is 0 Å². The Balaban J connectivity index is 1.83. The second kappa shape index (κ2) is 7.45. The standard InChI is InChI=1S/C23H40O5Si/c1-15-11-17(14-27-29(7,8)21(2,3)4)28-23(15)13-18(20(25)26-6)19-12-16(24)9-10-22(19,23)5/h15,17-19H,9-14H2,1-8H3/t15?,17-,18-,19-,22-,23+/m0/s1. The minimum atomic E-state index is -1.84. The van der Waals surface area contributed by atoms with E-state index in [1.807, 2.05) is 0 Å².